The first-order valence-corrected chi connectivity index (χ1v) is 6.32. The number of hydrogen-bond acceptors (Lipinski definition) is 2. The summed E-state index contributed by atoms with van der Waals surface area (Å²) in [6, 6.07) is 4.26. The minimum absolute atomic E-state index is 0.0735. The molecule has 0 atom stereocenters. The largest absolute Gasteiger partial charge is 0.497 e. The SMILES string of the molecule is COc1ccc(C(=O)NCCC2CCC2)c(F)c1. The van der Waals surface area contributed by atoms with E-state index in [1.165, 1.54) is 38.5 Å². The topological polar surface area (TPSA) is 38.3 Å². The molecule has 1 saturated carbocycles. The Bertz CT molecular complexity index is 430. The van der Waals surface area contributed by atoms with Crippen molar-refractivity contribution in [3.63, 3.8) is 0 Å². The Morgan fingerprint density at radius 3 is 2.83 bits per heavy atom. The van der Waals surface area contributed by atoms with Crippen LogP contribution < -0.4 is 10.1 Å². The van der Waals surface area contributed by atoms with E-state index in [2.05, 4.69) is 5.32 Å². The molecule has 18 heavy (non-hydrogen) atoms. The molecule has 0 unspecified atom stereocenters. The van der Waals surface area contributed by atoms with E-state index in [1.54, 1.807) is 6.07 Å². The normalized spacial score (nSPS) is 15.0. The Morgan fingerprint density at radius 1 is 1.50 bits per heavy atom. The van der Waals surface area contributed by atoms with Gasteiger partial charge < -0.3 is 10.1 Å². The van der Waals surface area contributed by atoms with Crippen molar-refractivity contribution < 1.29 is 13.9 Å². The molecule has 3 nitrogen and oxygen atoms in total. The molecule has 0 spiro atoms. The van der Waals surface area contributed by atoms with E-state index in [1.807, 2.05) is 0 Å². The van der Waals surface area contributed by atoms with Crippen molar-refractivity contribution in [2.24, 2.45) is 5.92 Å². The number of hydrogen-bond donors (Lipinski definition) is 1. The zero-order valence-electron chi connectivity index (χ0n) is 10.5. The molecule has 0 bridgehead atoms. The van der Waals surface area contributed by atoms with Crippen LogP contribution in [0.1, 0.15) is 36.0 Å². The van der Waals surface area contributed by atoms with Crippen molar-refractivity contribution in [2.75, 3.05) is 13.7 Å². The number of halogens is 1. The van der Waals surface area contributed by atoms with Crippen LogP contribution in [0.4, 0.5) is 4.39 Å². The van der Waals surface area contributed by atoms with Crippen LogP contribution in [0.3, 0.4) is 0 Å². The van der Waals surface area contributed by atoms with Gasteiger partial charge in [-0.2, -0.15) is 0 Å². The number of methoxy groups -OCH3 is 1. The average molecular weight is 251 g/mol. The van der Waals surface area contributed by atoms with Crippen LogP contribution in [0.25, 0.3) is 0 Å². The Hall–Kier alpha value is -1.58. The van der Waals surface area contributed by atoms with E-state index >= 15 is 0 Å². The summed E-state index contributed by atoms with van der Waals surface area (Å²) >= 11 is 0. The van der Waals surface area contributed by atoms with Gasteiger partial charge in [-0.15, -0.1) is 0 Å². The Labute approximate surface area is 106 Å². The molecule has 1 aromatic carbocycles. The summed E-state index contributed by atoms with van der Waals surface area (Å²) in [4.78, 5) is 11.8. The smallest absolute Gasteiger partial charge is 0.254 e. The predicted octanol–water partition coefficient (Wildman–Crippen LogP) is 2.75. The van der Waals surface area contributed by atoms with Crippen LogP contribution in [0.15, 0.2) is 18.2 Å². The second-order valence-corrected chi connectivity index (χ2v) is 4.69. The number of carbonyl (C=O) groups is 1. The van der Waals surface area contributed by atoms with Crippen molar-refractivity contribution >= 4 is 5.91 Å². The highest BCUT2D eigenvalue weighted by molar-refractivity contribution is 5.94. The lowest BCUT2D eigenvalue weighted by atomic mass is 9.83. The number of benzene rings is 1. The van der Waals surface area contributed by atoms with Crippen LogP contribution in [0.5, 0.6) is 5.75 Å². The van der Waals surface area contributed by atoms with Gasteiger partial charge in [-0.25, -0.2) is 4.39 Å². The molecule has 1 amide bonds. The summed E-state index contributed by atoms with van der Waals surface area (Å²) in [7, 11) is 1.47. The minimum Gasteiger partial charge on any atom is -0.497 e. The third kappa shape index (κ3) is 3.00. The summed E-state index contributed by atoms with van der Waals surface area (Å²) in [5.74, 6) is 0.259. The molecule has 4 heteroatoms. The number of rotatable bonds is 5. The molecule has 0 heterocycles. The fraction of sp³-hybridized carbons (Fsp3) is 0.500. The van der Waals surface area contributed by atoms with E-state index in [4.69, 9.17) is 4.74 Å². The van der Waals surface area contributed by atoms with Crippen molar-refractivity contribution in [3.8, 4) is 5.75 Å². The van der Waals surface area contributed by atoms with Crippen molar-refractivity contribution in [3.05, 3.63) is 29.6 Å². The Morgan fingerprint density at radius 2 is 2.28 bits per heavy atom. The molecule has 0 saturated heterocycles. The van der Waals surface area contributed by atoms with Gasteiger partial charge in [0.15, 0.2) is 0 Å². The molecule has 0 radical (unpaired) electrons. The van der Waals surface area contributed by atoms with Gasteiger partial charge >= 0.3 is 0 Å². The fourth-order valence-electron chi connectivity index (χ4n) is 2.07. The predicted molar refractivity (Wildman–Crippen MR) is 67.2 cm³/mol. The summed E-state index contributed by atoms with van der Waals surface area (Å²) in [6.45, 7) is 0.620. The molecule has 2 rings (SSSR count). The van der Waals surface area contributed by atoms with E-state index in [0.717, 1.165) is 12.3 Å². The quantitative estimate of drug-likeness (QED) is 0.873. The lowest BCUT2D eigenvalue weighted by Gasteiger charge is -2.25. The molecule has 98 valence electrons. The molecule has 1 N–H and O–H groups in total. The Balaban J connectivity index is 1.87. The first-order valence-electron chi connectivity index (χ1n) is 6.32. The third-order valence-corrected chi connectivity index (χ3v) is 3.48. The highest BCUT2D eigenvalue weighted by atomic mass is 19.1. The van der Waals surface area contributed by atoms with Gasteiger partial charge in [0.1, 0.15) is 11.6 Å². The molecule has 1 aliphatic rings. The number of amides is 1. The highest BCUT2D eigenvalue weighted by Crippen LogP contribution is 2.28. The van der Waals surface area contributed by atoms with Gasteiger partial charge in [0.05, 0.1) is 12.7 Å². The third-order valence-electron chi connectivity index (χ3n) is 3.48. The van der Waals surface area contributed by atoms with E-state index in [-0.39, 0.29) is 11.5 Å². The summed E-state index contributed by atoms with van der Waals surface area (Å²) in [5.41, 5.74) is 0.0735. The molecule has 1 aromatic rings. The van der Waals surface area contributed by atoms with E-state index < -0.39 is 5.82 Å². The summed E-state index contributed by atoms with van der Waals surface area (Å²) < 4.78 is 18.5. The zero-order valence-corrected chi connectivity index (χ0v) is 10.5. The first kappa shape index (κ1) is 12.9. The van der Waals surface area contributed by atoms with Gasteiger partial charge in [-0.3, -0.25) is 4.79 Å². The van der Waals surface area contributed by atoms with Gasteiger partial charge in [0, 0.05) is 12.6 Å². The maximum Gasteiger partial charge on any atom is 0.254 e. The van der Waals surface area contributed by atoms with Crippen LogP contribution >= 0.6 is 0 Å². The number of ether oxygens (including phenoxy) is 1. The molecule has 0 aromatic heterocycles. The second kappa shape index (κ2) is 5.85. The Kier molecular flexibility index (Phi) is 4.18. The lowest BCUT2D eigenvalue weighted by molar-refractivity contribution is 0.0945. The lowest BCUT2D eigenvalue weighted by Crippen LogP contribution is -2.28. The monoisotopic (exact) mass is 251 g/mol. The van der Waals surface area contributed by atoms with Crippen LogP contribution in [-0.4, -0.2) is 19.6 Å². The molecular formula is C14H18FNO2. The van der Waals surface area contributed by atoms with Crippen molar-refractivity contribution in [2.45, 2.75) is 25.7 Å². The average Bonchev–Trinajstić information content (AvgIpc) is 2.31. The van der Waals surface area contributed by atoms with Crippen LogP contribution in [0, 0.1) is 11.7 Å². The van der Waals surface area contributed by atoms with Gasteiger partial charge in [0.2, 0.25) is 0 Å². The van der Waals surface area contributed by atoms with Gasteiger partial charge in [0.25, 0.3) is 5.91 Å². The molecular weight excluding hydrogens is 233 g/mol. The number of nitrogens with one attached hydrogen (secondary N) is 1. The summed E-state index contributed by atoms with van der Waals surface area (Å²) in [6.07, 6.45) is 4.80. The second-order valence-electron chi connectivity index (χ2n) is 4.69. The maximum absolute atomic E-state index is 13.6. The minimum atomic E-state index is -0.546. The van der Waals surface area contributed by atoms with E-state index in [9.17, 15) is 9.18 Å². The maximum atomic E-state index is 13.6. The molecule has 1 aliphatic carbocycles. The standard InChI is InChI=1S/C14H18FNO2/c1-18-11-5-6-12(13(15)9-11)14(17)16-8-7-10-3-2-4-10/h5-6,9-10H,2-4,7-8H2,1H3,(H,16,17). The fourth-order valence-corrected chi connectivity index (χ4v) is 2.07. The van der Waals surface area contributed by atoms with Crippen LogP contribution in [0.2, 0.25) is 0 Å². The molecule has 0 aliphatic heterocycles. The highest BCUT2D eigenvalue weighted by Gasteiger charge is 2.18. The number of carbonyl (C=O) groups excluding carboxylic acids is 1. The van der Waals surface area contributed by atoms with E-state index in [0.29, 0.717) is 12.3 Å². The first-order chi connectivity index (χ1) is 8.70. The summed E-state index contributed by atoms with van der Waals surface area (Å²) in [5, 5.41) is 2.76. The van der Waals surface area contributed by atoms with Crippen LogP contribution in [-0.2, 0) is 0 Å². The van der Waals surface area contributed by atoms with Crippen molar-refractivity contribution in [1.29, 1.82) is 0 Å². The van der Waals surface area contributed by atoms with Crippen molar-refractivity contribution in [1.82, 2.24) is 5.32 Å². The zero-order chi connectivity index (χ0) is 13.0. The van der Waals surface area contributed by atoms with Gasteiger partial charge in [-0.05, 0) is 24.5 Å². The molecule has 1 fully saturated rings. The van der Waals surface area contributed by atoms with Gasteiger partial charge in [-0.1, -0.05) is 19.3 Å².